The second-order valence-corrected chi connectivity index (χ2v) is 6.55. The molecule has 2 aromatic rings. The van der Waals surface area contributed by atoms with Crippen molar-refractivity contribution in [2.24, 2.45) is 0 Å². The van der Waals surface area contributed by atoms with Crippen LogP contribution in [0, 0.1) is 6.92 Å². The molecular formula is C14H19N3O2S. The van der Waals surface area contributed by atoms with E-state index in [0.29, 0.717) is 17.4 Å². The summed E-state index contributed by atoms with van der Waals surface area (Å²) < 4.78 is 5.52. The zero-order valence-electron chi connectivity index (χ0n) is 12.4. The third kappa shape index (κ3) is 2.90. The Bertz CT molecular complexity index is 644. The molecule has 20 heavy (non-hydrogen) atoms. The van der Waals surface area contributed by atoms with Gasteiger partial charge in [-0.05, 0) is 40.2 Å². The highest BCUT2D eigenvalue weighted by atomic mass is 32.1. The Morgan fingerprint density at radius 3 is 2.70 bits per heavy atom. The lowest BCUT2D eigenvalue weighted by Crippen LogP contribution is -2.40. The molecule has 0 aliphatic rings. The van der Waals surface area contributed by atoms with Crippen LogP contribution in [-0.2, 0) is 0 Å². The molecule has 2 heterocycles. The standard InChI is InChI=1S/C14H19N3O2S/c1-6-19-12-9-8(2)10(11(18)17-14(3,4)5)20-13(9)16-7-15-12/h7H,6H2,1-5H3,(H,17,18). The summed E-state index contributed by atoms with van der Waals surface area (Å²) in [7, 11) is 0. The van der Waals surface area contributed by atoms with Gasteiger partial charge in [0, 0.05) is 5.54 Å². The molecule has 5 nitrogen and oxygen atoms in total. The zero-order valence-corrected chi connectivity index (χ0v) is 13.2. The molecule has 0 spiro atoms. The fraction of sp³-hybridized carbons (Fsp3) is 0.500. The van der Waals surface area contributed by atoms with E-state index in [0.717, 1.165) is 15.8 Å². The second-order valence-electron chi connectivity index (χ2n) is 5.55. The van der Waals surface area contributed by atoms with Gasteiger partial charge in [0.2, 0.25) is 5.88 Å². The molecule has 2 rings (SSSR count). The van der Waals surface area contributed by atoms with Gasteiger partial charge in [-0.1, -0.05) is 0 Å². The van der Waals surface area contributed by atoms with Crippen LogP contribution in [0.15, 0.2) is 6.33 Å². The SMILES string of the molecule is CCOc1ncnc2sc(C(=O)NC(C)(C)C)c(C)c12. The highest BCUT2D eigenvalue weighted by Crippen LogP contribution is 2.34. The Morgan fingerprint density at radius 2 is 2.10 bits per heavy atom. The fourth-order valence-electron chi connectivity index (χ4n) is 1.90. The van der Waals surface area contributed by atoms with Crippen LogP contribution in [0.25, 0.3) is 10.2 Å². The van der Waals surface area contributed by atoms with Crippen LogP contribution < -0.4 is 10.1 Å². The van der Waals surface area contributed by atoms with E-state index in [1.54, 1.807) is 0 Å². The van der Waals surface area contributed by atoms with E-state index in [2.05, 4.69) is 15.3 Å². The maximum atomic E-state index is 12.3. The van der Waals surface area contributed by atoms with E-state index >= 15 is 0 Å². The van der Waals surface area contributed by atoms with Gasteiger partial charge in [-0.3, -0.25) is 4.79 Å². The molecule has 0 unspecified atom stereocenters. The van der Waals surface area contributed by atoms with Crippen LogP contribution in [0.2, 0.25) is 0 Å². The molecule has 0 fully saturated rings. The highest BCUT2D eigenvalue weighted by molar-refractivity contribution is 7.20. The van der Waals surface area contributed by atoms with Crippen LogP contribution in [0.1, 0.15) is 42.9 Å². The number of rotatable bonds is 3. The Labute approximate surface area is 122 Å². The number of ether oxygens (including phenoxy) is 1. The summed E-state index contributed by atoms with van der Waals surface area (Å²) in [6.07, 6.45) is 1.47. The smallest absolute Gasteiger partial charge is 0.262 e. The van der Waals surface area contributed by atoms with Gasteiger partial charge in [0.05, 0.1) is 16.9 Å². The van der Waals surface area contributed by atoms with Crippen molar-refractivity contribution in [3.05, 3.63) is 16.8 Å². The van der Waals surface area contributed by atoms with Gasteiger partial charge in [0.1, 0.15) is 11.2 Å². The minimum absolute atomic E-state index is 0.0829. The summed E-state index contributed by atoms with van der Waals surface area (Å²) in [5, 5.41) is 3.80. The summed E-state index contributed by atoms with van der Waals surface area (Å²) in [5.41, 5.74) is 0.601. The largest absolute Gasteiger partial charge is 0.477 e. The Morgan fingerprint density at radius 1 is 1.40 bits per heavy atom. The molecule has 0 saturated carbocycles. The number of nitrogens with zero attached hydrogens (tertiary/aromatic N) is 2. The molecule has 0 aliphatic heterocycles. The molecule has 2 aromatic heterocycles. The lowest BCUT2D eigenvalue weighted by atomic mass is 10.1. The minimum atomic E-state index is -0.270. The zero-order chi connectivity index (χ0) is 14.9. The van der Waals surface area contributed by atoms with Crippen molar-refractivity contribution < 1.29 is 9.53 Å². The molecule has 108 valence electrons. The van der Waals surface area contributed by atoms with E-state index in [-0.39, 0.29) is 11.4 Å². The van der Waals surface area contributed by atoms with Crippen LogP contribution in [0.5, 0.6) is 5.88 Å². The summed E-state index contributed by atoms with van der Waals surface area (Å²) in [5.74, 6) is 0.460. The monoisotopic (exact) mass is 293 g/mol. The average Bonchev–Trinajstić information content (AvgIpc) is 2.66. The van der Waals surface area contributed by atoms with Gasteiger partial charge in [-0.2, -0.15) is 0 Å². The Balaban J connectivity index is 2.49. The molecule has 0 aromatic carbocycles. The van der Waals surface area contributed by atoms with E-state index < -0.39 is 0 Å². The number of carbonyl (C=O) groups is 1. The van der Waals surface area contributed by atoms with E-state index in [1.807, 2.05) is 34.6 Å². The van der Waals surface area contributed by atoms with Gasteiger partial charge in [-0.25, -0.2) is 9.97 Å². The van der Waals surface area contributed by atoms with Crippen molar-refractivity contribution >= 4 is 27.5 Å². The molecule has 0 radical (unpaired) electrons. The number of hydrogen-bond donors (Lipinski definition) is 1. The van der Waals surface area contributed by atoms with Gasteiger partial charge >= 0.3 is 0 Å². The summed E-state index contributed by atoms with van der Waals surface area (Å²) in [6, 6.07) is 0. The lowest BCUT2D eigenvalue weighted by Gasteiger charge is -2.20. The van der Waals surface area contributed by atoms with Crippen molar-refractivity contribution in [1.29, 1.82) is 0 Å². The normalized spacial score (nSPS) is 11.7. The Kier molecular flexibility index (Phi) is 3.94. The summed E-state index contributed by atoms with van der Waals surface area (Å²) in [4.78, 5) is 22.1. The number of carbonyl (C=O) groups excluding carboxylic acids is 1. The van der Waals surface area contributed by atoms with Crippen molar-refractivity contribution in [1.82, 2.24) is 15.3 Å². The minimum Gasteiger partial charge on any atom is -0.477 e. The van der Waals surface area contributed by atoms with Gasteiger partial charge < -0.3 is 10.1 Å². The highest BCUT2D eigenvalue weighted by Gasteiger charge is 2.22. The van der Waals surface area contributed by atoms with E-state index in [1.165, 1.54) is 17.7 Å². The number of amides is 1. The number of nitrogens with one attached hydrogen (secondary N) is 1. The summed E-state index contributed by atoms with van der Waals surface area (Å²) in [6.45, 7) is 10.2. The molecule has 0 atom stereocenters. The van der Waals surface area contributed by atoms with Gasteiger partial charge in [0.25, 0.3) is 5.91 Å². The topological polar surface area (TPSA) is 64.1 Å². The first kappa shape index (κ1) is 14.7. The molecule has 1 N–H and O–H groups in total. The average molecular weight is 293 g/mol. The van der Waals surface area contributed by atoms with Crippen molar-refractivity contribution in [2.45, 2.75) is 40.2 Å². The number of thiophene rings is 1. The van der Waals surface area contributed by atoms with Gasteiger partial charge in [0.15, 0.2) is 0 Å². The van der Waals surface area contributed by atoms with Crippen LogP contribution in [0.3, 0.4) is 0 Å². The van der Waals surface area contributed by atoms with Crippen LogP contribution in [-0.4, -0.2) is 28.0 Å². The van der Waals surface area contributed by atoms with Gasteiger partial charge in [-0.15, -0.1) is 11.3 Å². The first-order valence-corrected chi connectivity index (χ1v) is 7.34. The quantitative estimate of drug-likeness (QED) is 0.945. The van der Waals surface area contributed by atoms with Crippen molar-refractivity contribution in [3.63, 3.8) is 0 Å². The number of aromatic nitrogens is 2. The third-order valence-corrected chi connectivity index (χ3v) is 3.87. The first-order chi connectivity index (χ1) is 9.33. The number of fused-ring (bicyclic) bond motifs is 1. The van der Waals surface area contributed by atoms with Crippen molar-refractivity contribution in [3.8, 4) is 5.88 Å². The predicted octanol–water partition coefficient (Wildman–Crippen LogP) is 2.93. The molecule has 0 saturated heterocycles. The van der Waals surface area contributed by atoms with E-state index in [9.17, 15) is 4.79 Å². The lowest BCUT2D eigenvalue weighted by molar-refractivity contribution is 0.0923. The molecule has 6 heteroatoms. The molecule has 0 aliphatic carbocycles. The van der Waals surface area contributed by atoms with Crippen LogP contribution >= 0.6 is 11.3 Å². The number of hydrogen-bond acceptors (Lipinski definition) is 5. The predicted molar refractivity (Wildman–Crippen MR) is 80.5 cm³/mol. The molecular weight excluding hydrogens is 274 g/mol. The Hall–Kier alpha value is -1.69. The van der Waals surface area contributed by atoms with Crippen molar-refractivity contribution in [2.75, 3.05) is 6.61 Å². The molecule has 1 amide bonds. The second kappa shape index (κ2) is 5.36. The summed E-state index contributed by atoms with van der Waals surface area (Å²) >= 11 is 1.37. The third-order valence-electron chi connectivity index (χ3n) is 2.67. The first-order valence-electron chi connectivity index (χ1n) is 6.53. The van der Waals surface area contributed by atoms with Crippen LogP contribution in [0.4, 0.5) is 0 Å². The fourth-order valence-corrected chi connectivity index (χ4v) is 2.93. The maximum absolute atomic E-state index is 12.3. The maximum Gasteiger partial charge on any atom is 0.262 e. The number of aryl methyl sites for hydroxylation is 1. The molecule has 0 bridgehead atoms. The van der Waals surface area contributed by atoms with E-state index in [4.69, 9.17) is 4.74 Å².